The first-order valence-corrected chi connectivity index (χ1v) is 17.7. The highest BCUT2D eigenvalue weighted by Gasteiger charge is 2.67. The first kappa shape index (κ1) is 31.3. The van der Waals surface area contributed by atoms with Crippen molar-refractivity contribution < 1.29 is 14.4 Å². The van der Waals surface area contributed by atoms with Crippen LogP contribution in [0.1, 0.15) is 60.9 Å². The van der Waals surface area contributed by atoms with Crippen LogP contribution in [0.3, 0.4) is 0 Å². The largest absolute Gasteiger partial charge is 0.325 e. The maximum Gasteiger partial charge on any atom is 0.248 e. The molecule has 2 aliphatic carbocycles. The zero-order valence-electron chi connectivity index (χ0n) is 27.4. The van der Waals surface area contributed by atoms with Crippen molar-refractivity contribution in [3.63, 3.8) is 0 Å². The van der Waals surface area contributed by atoms with E-state index in [4.69, 9.17) is 0 Å². The molecule has 5 atom stereocenters. The smallest absolute Gasteiger partial charge is 0.248 e. The lowest BCUT2D eigenvalue weighted by atomic mass is 9.98. The second-order valence-electron chi connectivity index (χ2n) is 14.4. The quantitative estimate of drug-likeness (QED) is 0.195. The summed E-state index contributed by atoms with van der Waals surface area (Å²) in [6.45, 7) is 8.30. The summed E-state index contributed by atoms with van der Waals surface area (Å²) in [6.07, 6.45) is 8.98. The number of nitrogens with one attached hydrogen (secondary N) is 1. The van der Waals surface area contributed by atoms with Crippen molar-refractivity contribution >= 4 is 50.2 Å². The molecule has 4 aromatic rings. The first-order valence-electron chi connectivity index (χ1n) is 16.9. The Morgan fingerprint density at radius 3 is 2.48 bits per heavy atom. The molecule has 1 N–H and O–H groups in total. The number of carbonyl (C=O) groups is 3. The molecule has 48 heavy (non-hydrogen) atoms. The standard InChI is InChI=1S/C36H39BrN8O3/c1-20-7-10-31(37)40-34(20)41-35(48)29-12-36(19-43-16-24-5-4-6-25(24)17-43)13-30(36)45(29)32(47)18-44-28-9-8-23(26-14-38-22(3)39-15-26)11-27(28)33(42-44)21(2)46/h7-11,14-15,24-25,29-30H,4-6,12-13,16-19H2,1-3H3,(H,40,41,48)/t24-,25+,29-,30+,36-/m0/s1. The van der Waals surface area contributed by atoms with Crippen LogP contribution >= 0.6 is 15.9 Å². The van der Waals surface area contributed by atoms with E-state index in [-0.39, 0.29) is 35.6 Å². The molecule has 2 saturated carbocycles. The Bertz CT molecular complexity index is 1950. The van der Waals surface area contributed by atoms with Crippen LogP contribution in [0, 0.1) is 31.1 Å². The molecule has 0 unspecified atom stereocenters. The minimum absolute atomic E-state index is 0.0139. The second kappa shape index (κ2) is 11.8. The molecule has 4 fully saturated rings. The minimum atomic E-state index is -0.624. The second-order valence-corrected chi connectivity index (χ2v) is 15.2. The third-order valence-electron chi connectivity index (χ3n) is 11.1. The number of hydrogen-bond donors (Lipinski definition) is 1. The summed E-state index contributed by atoms with van der Waals surface area (Å²) in [4.78, 5) is 58.6. The van der Waals surface area contributed by atoms with E-state index in [2.05, 4.69) is 46.2 Å². The van der Waals surface area contributed by atoms with Crippen molar-refractivity contribution in [1.29, 1.82) is 0 Å². The molecule has 248 valence electrons. The van der Waals surface area contributed by atoms with Gasteiger partial charge in [0, 0.05) is 61.4 Å². The number of Topliss-reactive ketones (excluding diaryl/α,β-unsaturated/α-hetero) is 1. The number of halogens is 1. The van der Waals surface area contributed by atoms with E-state index in [9.17, 15) is 14.4 Å². The number of piperidine rings is 1. The third-order valence-corrected chi connectivity index (χ3v) is 11.6. The maximum atomic E-state index is 14.4. The molecule has 2 saturated heterocycles. The minimum Gasteiger partial charge on any atom is -0.325 e. The maximum absolute atomic E-state index is 14.4. The van der Waals surface area contributed by atoms with E-state index in [1.807, 2.05) is 49.1 Å². The van der Waals surface area contributed by atoms with Gasteiger partial charge >= 0.3 is 0 Å². The summed E-state index contributed by atoms with van der Waals surface area (Å²) in [6, 6.07) is 8.83. The van der Waals surface area contributed by atoms with Crippen LogP contribution in [0.4, 0.5) is 5.82 Å². The Morgan fingerprint density at radius 2 is 1.75 bits per heavy atom. The van der Waals surface area contributed by atoms with E-state index < -0.39 is 6.04 Å². The summed E-state index contributed by atoms with van der Waals surface area (Å²) in [5.41, 5.74) is 3.43. The number of hydrogen-bond acceptors (Lipinski definition) is 8. The number of amides is 2. The van der Waals surface area contributed by atoms with E-state index >= 15 is 0 Å². The highest BCUT2D eigenvalue weighted by molar-refractivity contribution is 9.10. The van der Waals surface area contributed by atoms with Crippen molar-refractivity contribution in [3.05, 3.63) is 64.4 Å². The normalized spacial score (nSPS) is 26.1. The van der Waals surface area contributed by atoms with E-state index in [0.29, 0.717) is 39.3 Å². The van der Waals surface area contributed by atoms with Crippen LogP contribution in [-0.2, 0) is 16.1 Å². The zero-order valence-corrected chi connectivity index (χ0v) is 29.0. The Kier molecular flexibility index (Phi) is 7.71. The molecule has 1 aromatic carbocycles. The molecule has 0 radical (unpaired) electrons. The molecule has 3 aromatic heterocycles. The topological polar surface area (TPSA) is 126 Å². The SMILES string of the molecule is CC(=O)c1nn(CC(=O)N2[C@H](C(=O)Nc3nc(Br)ccc3C)C[C@@]3(CN4C[C@H]5CCC[C@H]5C4)C[C@@H]23)c2ccc(-c3cnc(C)nc3)cc12. The average Bonchev–Trinajstić information content (AvgIpc) is 3.46. The molecular weight excluding hydrogens is 672 g/mol. The number of likely N-dealkylation sites (tertiary alicyclic amines) is 2. The van der Waals surface area contributed by atoms with Crippen molar-refractivity contribution in [2.24, 2.45) is 17.3 Å². The average molecular weight is 712 g/mol. The van der Waals surface area contributed by atoms with Crippen molar-refractivity contribution in [1.82, 2.24) is 34.5 Å². The monoisotopic (exact) mass is 710 g/mol. The van der Waals surface area contributed by atoms with Gasteiger partial charge in [-0.2, -0.15) is 5.10 Å². The molecule has 8 rings (SSSR count). The molecule has 5 heterocycles. The Balaban J connectivity index is 1.08. The zero-order chi connectivity index (χ0) is 33.3. The fourth-order valence-corrected chi connectivity index (χ4v) is 8.98. The van der Waals surface area contributed by atoms with Crippen LogP contribution in [-0.4, -0.2) is 83.8 Å². The van der Waals surface area contributed by atoms with Crippen molar-refractivity contribution in [2.45, 2.75) is 71.5 Å². The van der Waals surface area contributed by atoms with E-state index in [0.717, 1.165) is 54.6 Å². The summed E-state index contributed by atoms with van der Waals surface area (Å²) >= 11 is 3.42. The van der Waals surface area contributed by atoms with Crippen LogP contribution in [0.15, 0.2) is 47.3 Å². The number of aryl methyl sites for hydroxylation is 2. The summed E-state index contributed by atoms with van der Waals surface area (Å²) in [5, 5.41) is 8.35. The van der Waals surface area contributed by atoms with Gasteiger partial charge in [-0.15, -0.1) is 0 Å². The number of pyridine rings is 1. The Hall–Kier alpha value is -4.03. The number of ketones is 1. The fraction of sp³-hybridized carbons (Fsp3) is 0.472. The predicted molar refractivity (Wildman–Crippen MR) is 184 cm³/mol. The van der Waals surface area contributed by atoms with Gasteiger partial charge in [0.05, 0.1) is 5.52 Å². The van der Waals surface area contributed by atoms with Gasteiger partial charge in [-0.25, -0.2) is 15.0 Å². The summed E-state index contributed by atoms with van der Waals surface area (Å²) < 4.78 is 2.24. The van der Waals surface area contributed by atoms with Gasteiger partial charge in [-0.05, 0) is 96.6 Å². The lowest BCUT2D eigenvalue weighted by molar-refractivity contribution is -0.138. The molecule has 0 bridgehead atoms. The lowest BCUT2D eigenvalue weighted by Crippen LogP contribution is -2.47. The van der Waals surface area contributed by atoms with E-state index in [1.165, 1.54) is 26.2 Å². The van der Waals surface area contributed by atoms with Crippen LogP contribution < -0.4 is 5.32 Å². The summed E-state index contributed by atoms with van der Waals surface area (Å²) in [7, 11) is 0. The van der Waals surface area contributed by atoms with Gasteiger partial charge < -0.3 is 15.1 Å². The van der Waals surface area contributed by atoms with Gasteiger partial charge in [0.2, 0.25) is 11.8 Å². The molecule has 2 aliphatic heterocycles. The lowest BCUT2D eigenvalue weighted by Gasteiger charge is -2.27. The van der Waals surface area contributed by atoms with Crippen molar-refractivity contribution in [3.8, 4) is 11.1 Å². The Morgan fingerprint density at radius 1 is 1.00 bits per heavy atom. The highest BCUT2D eigenvalue weighted by Crippen LogP contribution is 2.60. The van der Waals surface area contributed by atoms with Crippen LogP contribution in [0.25, 0.3) is 22.0 Å². The molecule has 12 heteroatoms. The third kappa shape index (κ3) is 5.52. The molecule has 11 nitrogen and oxygen atoms in total. The predicted octanol–water partition coefficient (Wildman–Crippen LogP) is 5.20. The number of nitrogens with zero attached hydrogens (tertiary/aromatic N) is 7. The van der Waals surface area contributed by atoms with Gasteiger partial charge in [0.15, 0.2) is 5.78 Å². The number of benzene rings is 1. The molecule has 0 spiro atoms. The van der Waals surface area contributed by atoms with Gasteiger partial charge in [-0.1, -0.05) is 18.6 Å². The van der Waals surface area contributed by atoms with Crippen molar-refractivity contribution in [2.75, 3.05) is 25.0 Å². The number of carbonyl (C=O) groups excluding carboxylic acids is 3. The number of anilines is 1. The van der Waals surface area contributed by atoms with Crippen LogP contribution in [0.2, 0.25) is 0 Å². The van der Waals surface area contributed by atoms with E-state index in [1.54, 1.807) is 17.1 Å². The number of aromatic nitrogens is 5. The number of fused-ring (bicyclic) bond motifs is 3. The van der Waals surface area contributed by atoms with Crippen LogP contribution in [0.5, 0.6) is 0 Å². The molecule has 4 aliphatic rings. The van der Waals surface area contributed by atoms with Gasteiger partial charge in [-0.3, -0.25) is 19.1 Å². The highest BCUT2D eigenvalue weighted by atomic mass is 79.9. The first-order chi connectivity index (χ1) is 23.1. The number of rotatable bonds is 8. The fourth-order valence-electron chi connectivity index (χ4n) is 8.67. The molecular formula is C36H39BrN8O3. The Labute approximate surface area is 287 Å². The van der Waals surface area contributed by atoms with Gasteiger partial charge in [0.25, 0.3) is 0 Å². The summed E-state index contributed by atoms with van der Waals surface area (Å²) in [5.74, 6) is 2.15. The molecule has 2 amide bonds. The van der Waals surface area contributed by atoms with Gasteiger partial charge in [0.1, 0.15) is 34.5 Å².